The third kappa shape index (κ3) is 4.72. The van der Waals surface area contributed by atoms with E-state index < -0.39 is 11.8 Å². The number of amides is 2. The predicted octanol–water partition coefficient (Wildman–Crippen LogP) is 3.10. The molecule has 2 heterocycles. The lowest BCUT2D eigenvalue weighted by Crippen LogP contribution is -2.41. The molecule has 7 nitrogen and oxygen atoms in total. The van der Waals surface area contributed by atoms with Crippen LogP contribution in [0, 0.1) is 11.3 Å². The predicted molar refractivity (Wildman–Crippen MR) is 125 cm³/mol. The number of anilines is 2. The summed E-state index contributed by atoms with van der Waals surface area (Å²) >= 11 is 5.96. The molecule has 0 unspecified atom stereocenters. The molecule has 2 aliphatic rings. The first kappa shape index (κ1) is 22.1. The number of fused-ring (bicyclic) bond motifs is 1. The van der Waals surface area contributed by atoms with Crippen LogP contribution >= 0.6 is 11.6 Å². The number of benzene rings is 2. The van der Waals surface area contributed by atoms with Gasteiger partial charge in [0, 0.05) is 30.8 Å². The first-order valence-electron chi connectivity index (χ1n) is 10.8. The highest BCUT2D eigenvalue weighted by atomic mass is 35.5. The quantitative estimate of drug-likeness (QED) is 0.682. The van der Waals surface area contributed by atoms with Gasteiger partial charge in [0.05, 0.1) is 17.3 Å². The number of halogens is 1. The lowest BCUT2D eigenvalue weighted by atomic mass is 10.0. The number of nitrogens with zero attached hydrogens (tertiary/aromatic N) is 3. The van der Waals surface area contributed by atoms with Crippen LogP contribution in [0.3, 0.4) is 0 Å². The number of nitriles is 1. The lowest BCUT2D eigenvalue weighted by molar-refractivity contribution is -0.136. The van der Waals surface area contributed by atoms with Crippen molar-refractivity contribution in [2.24, 2.45) is 0 Å². The van der Waals surface area contributed by atoms with E-state index in [4.69, 9.17) is 11.6 Å². The Labute approximate surface area is 192 Å². The molecular weight excluding hydrogens is 426 g/mol. The second kappa shape index (κ2) is 9.60. The number of likely N-dealkylation sites (N-methyl/N-ethyl adjacent to an activating group) is 1. The van der Waals surface area contributed by atoms with Crippen LogP contribution in [0.4, 0.5) is 11.4 Å². The Bertz CT molecular complexity index is 1070. The SMILES string of the molecule is CN1CCc2cc([C@@H](CNC(=O)C(=O)Nc3cc(Cl)ccc3C#N)N3CCCC3)ccc21. The zero-order chi connectivity index (χ0) is 22.7. The van der Waals surface area contributed by atoms with E-state index in [2.05, 4.69) is 45.7 Å². The minimum Gasteiger partial charge on any atom is -0.374 e. The summed E-state index contributed by atoms with van der Waals surface area (Å²) in [6.45, 7) is 3.29. The van der Waals surface area contributed by atoms with Crippen LogP contribution in [0.1, 0.15) is 35.6 Å². The molecule has 166 valence electrons. The van der Waals surface area contributed by atoms with Gasteiger partial charge in [0.2, 0.25) is 0 Å². The van der Waals surface area contributed by atoms with Crippen molar-refractivity contribution in [2.45, 2.75) is 25.3 Å². The average molecular weight is 452 g/mol. The molecule has 2 aromatic rings. The Kier molecular flexibility index (Phi) is 6.63. The van der Waals surface area contributed by atoms with Crippen molar-refractivity contribution in [3.63, 3.8) is 0 Å². The standard InChI is InChI=1S/C24H26ClN5O2/c1-29-11-8-17-12-16(5-7-21(17)29)22(30-9-2-3-10-30)15-27-23(31)24(32)28-20-13-19(25)6-4-18(20)14-26/h4-7,12-13,22H,2-3,8-11,15H2,1H3,(H,27,31)(H,28,32)/t22-/m1/s1. The minimum absolute atomic E-state index is 0.00583. The van der Waals surface area contributed by atoms with Gasteiger partial charge in [-0.05, 0) is 67.7 Å². The third-order valence-corrected chi connectivity index (χ3v) is 6.45. The molecule has 2 aliphatic heterocycles. The molecular formula is C24H26ClN5O2. The van der Waals surface area contributed by atoms with Gasteiger partial charge in [0.1, 0.15) is 6.07 Å². The number of carbonyl (C=O) groups excluding carboxylic acids is 2. The molecule has 2 aromatic carbocycles. The summed E-state index contributed by atoms with van der Waals surface area (Å²) in [5.41, 5.74) is 4.20. The van der Waals surface area contributed by atoms with Gasteiger partial charge in [-0.1, -0.05) is 23.7 Å². The fourth-order valence-electron chi connectivity index (χ4n) is 4.47. The van der Waals surface area contributed by atoms with E-state index in [1.54, 1.807) is 6.07 Å². The first-order valence-corrected chi connectivity index (χ1v) is 11.2. The van der Waals surface area contributed by atoms with E-state index in [1.165, 1.54) is 23.4 Å². The fraction of sp³-hybridized carbons (Fsp3) is 0.375. The summed E-state index contributed by atoms with van der Waals surface area (Å²) in [4.78, 5) is 29.6. The number of carbonyl (C=O) groups is 2. The van der Waals surface area contributed by atoms with Crippen LogP contribution in [-0.4, -0.2) is 49.9 Å². The van der Waals surface area contributed by atoms with E-state index in [0.717, 1.165) is 44.5 Å². The molecule has 2 N–H and O–H groups in total. The van der Waals surface area contributed by atoms with Crippen LogP contribution in [0.2, 0.25) is 5.02 Å². The van der Waals surface area contributed by atoms with E-state index in [1.807, 2.05) is 6.07 Å². The minimum atomic E-state index is -0.820. The number of nitrogens with one attached hydrogen (secondary N) is 2. The number of hydrogen-bond acceptors (Lipinski definition) is 5. The van der Waals surface area contributed by atoms with Gasteiger partial charge in [-0.3, -0.25) is 14.5 Å². The van der Waals surface area contributed by atoms with Gasteiger partial charge in [-0.15, -0.1) is 0 Å². The van der Waals surface area contributed by atoms with Crippen molar-refractivity contribution in [3.05, 3.63) is 58.1 Å². The van der Waals surface area contributed by atoms with Gasteiger partial charge < -0.3 is 15.5 Å². The molecule has 0 bridgehead atoms. The van der Waals surface area contributed by atoms with Gasteiger partial charge in [0.15, 0.2) is 0 Å². The smallest absolute Gasteiger partial charge is 0.313 e. The summed E-state index contributed by atoms with van der Waals surface area (Å²) in [7, 11) is 2.10. The van der Waals surface area contributed by atoms with Crippen LogP contribution in [-0.2, 0) is 16.0 Å². The highest BCUT2D eigenvalue weighted by molar-refractivity contribution is 6.40. The highest BCUT2D eigenvalue weighted by Crippen LogP contribution is 2.32. The zero-order valence-corrected chi connectivity index (χ0v) is 18.8. The van der Waals surface area contributed by atoms with Crippen LogP contribution in [0.25, 0.3) is 0 Å². The van der Waals surface area contributed by atoms with Crippen LogP contribution in [0.5, 0.6) is 0 Å². The first-order chi connectivity index (χ1) is 15.5. The lowest BCUT2D eigenvalue weighted by Gasteiger charge is -2.28. The molecule has 0 spiro atoms. The molecule has 1 saturated heterocycles. The Balaban J connectivity index is 1.45. The van der Waals surface area contributed by atoms with E-state index in [9.17, 15) is 14.9 Å². The monoisotopic (exact) mass is 451 g/mol. The number of likely N-dealkylation sites (tertiary alicyclic amines) is 1. The summed E-state index contributed by atoms with van der Waals surface area (Å²) < 4.78 is 0. The van der Waals surface area contributed by atoms with Crippen molar-refractivity contribution >= 4 is 34.8 Å². The number of hydrogen-bond donors (Lipinski definition) is 2. The second-order valence-electron chi connectivity index (χ2n) is 8.28. The van der Waals surface area contributed by atoms with E-state index >= 15 is 0 Å². The molecule has 8 heteroatoms. The maximum absolute atomic E-state index is 12.5. The van der Waals surface area contributed by atoms with Crippen molar-refractivity contribution in [3.8, 4) is 6.07 Å². The summed E-state index contributed by atoms with van der Waals surface area (Å²) in [6, 6.07) is 13.0. The van der Waals surface area contributed by atoms with Crippen molar-refractivity contribution in [1.82, 2.24) is 10.2 Å². The Morgan fingerprint density at radius 3 is 2.66 bits per heavy atom. The van der Waals surface area contributed by atoms with Crippen molar-refractivity contribution in [1.29, 1.82) is 5.26 Å². The van der Waals surface area contributed by atoms with Gasteiger partial charge >= 0.3 is 11.8 Å². The molecule has 1 fully saturated rings. The van der Waals surface area contributed by atoms with Crippen molar-refractivity contribution in [2.75, 3.05) is 43.4 Å². The van der Waals surface area contributed by atoms with Gasteiger partial charge in [0.25, 0.3) is 0 Å². The third-order valence-electron chi connectivity index (χ3n) is 6.21. The van der Waals surface area contributed by atoms with Gasteiger partial charge in [-0.25, -0.2) is 0 Å². The average Bonchev–Trinajstić information content (AvgIpc) is 3.44. The highest BCUT2D eigenvalue weighted by Gasteiger charge is 2.27. The molecule has 0 aliphatic carbocycles. The van der Waals surface area contributed by atoms with E-state index in [0.29, 0.717) is 11.6 Å². The molecule has 32 heavy (non-hydrogen) atoms. The topological polar surface area (TPSA) is 88.5 Å². The summed E-state index contributed by atoms with van der Waals surface area (Å²) in [5, 5.41) is 14.9. The Morgan fingerprint density at radius 2 is 1.91 bits per heavy atom. The molecule has 0 aromatic heterocycles. The molecule has 0 saturated carbocycles. The molecule has 4 rings (SSSR count). The zero-order valence-electron chi connectivity index (χ0n) is 18.0. The van der Waals surface area contributed by atoms with Crippen LogP contribution < -0.4 is 15.5 Å². The fourth-order valence-corrected chi connectivity index (χ4v) is 4.64. The molecule has 1 atom stereocenters. The summed E-state index contributed by atoms with van der Waals surface area (Å²) in [6.07, 6.45) is 3.27. The van der Waals surface area contributed by atoms with Crippen LogP contribution in [0.15, 0.2) is 36.4 Å². The van der Waals surface area contributed by atoms with E-state index in [-0.39, 0.29) is 17.3 Å². The molecule has 2 amide bonds. The largest absolute Gasteiger partial charge is 0.374 e. The van der Waals surface area contributed by atoms with Crippen molar-refractivity contribution < 1.29 is 9.59 Å². The maximum atomic E-state index is 12.5. The normalized spacial score (nSPS) is 16.3. The number of rotatable bonds is 5. The second-order valence-corrected chi connectivity index (χ2v) is 8.72. The Hall–Kier alpha value is -3.08. The summed E-state index contributed by atoms with van der Waals surface area (Å²) in [5.74, 6) is -1.56. The molecule has 0 radical (unpaired) electrons. The Morgan fingerprint density at radius 1 is 1.12 bits per heavy atom. The maximum Gasteiger partial charge on any atom is 0.313 e. The van der Waals surface area contributed by atoms with Gasteiger partial charge in [-0.2, -0.15) is 5.26 Å².